The van der Waals surface area contributed by atoms with Gasteiger partial charge in [0.2, 0.25) is 0 Å². The number of rotatable bonds is 2. The fourth-order valence-corrected chi connectivity index (χ4v) is 2.02. The van der Waals surface area contributed by atoms with Crippen molar-refractivity contribution >= 4 is 40.5 Å². The Morgan fingerprint density at radius 3 is 1.95 bits per heavy atom. The average Bonchev–Trinajstić information content (AvgIpc) is 2.06. The molecule has 3 unspecified atom stereocenters. The van der Waals surface area contributed by atoms with Gasteiger partial charge in [-0.25, -0.2) is 8.42 Å². The van der Waals surface area contributed by atoms with E-state index in [1.54, 1.807) is 0 Å². The second-order valence-electron chi connectivity index (χ2n) is 3.53. The van der Waals surface area contributed by atoms with Gasteiger partial charge in [-0.1, -0.05) is 18.7 Å². The molecule has 0 aliphatic heterocycles. The zero-order valence-electron chi connectivity index (χ0n) is 11.2. The summed E-state index contributed by atoms with van der Waals surface area (Å²) in [4.78, 5) is 0. The first kappa shape index (κ1) is 26.9. The zero-order valence-corrected chi connectivity index (χ0v) is 18.5. The van der Waals surface area contributed by atoms with Crippen molar-refractivity contribution in [3.05, 3.63) is 24.3 Å². The van der Waals surface area contributed by atoms with Crippen LogP contribution in [0.2, 0.25) is 0 Å². The zero-order chi connectivity index (χ0) is 14.6. The molecular weight excluding hydrogens is 366 g/mol. The minimum Gasteiger partial charge on any atom is -0.748 e. The Balaban J connectivity index is -0.000000361. The molecule has 12 heteroatoms. The molecule has 0 aromatic rings. The molecule has 1 saturated carbocycles. The molecule has 0 aromatic heterocycles. The standard InChI is InChI=1S/C8H12O3S2.2Na.H2O3S2/c1-6-3-4-7(2)8(5-6)11-13(9,10)12;;;1-5(2,3)4/h8H,1-5H2,(H,9,10,12);;;(H2,1,2,3,4)/q;2*+1;/p-2. The predicted molar refractivity (Wildman–Crippen MR) is 72.2 cm³/mol. The molecule has 0 amide bonds. The molecule has 0 bridgehead atoms. The molecule has 1 fully saturated rings. The quantitative estimate of drug-likeness (QED) is 0.375. The van der Waals surface area contributed by atoms with Crippen molar-refractivity contribution < 1.29 is 85.4 Å². The Morgan fingerprint density at radius 2 is 1.60 bits per heavy atom. The van der Waals surface area contributed by atoms with Gasteiger partial charge in [0.05, 0.1) is 24.2 Å². The van der Waals surface area contributed by atoms with E-state index in [4.69, 9.17) is 13.3 Å². The SMILES string of the molecule is C=C1CCC(=C)C(OS(=O)([O-])=S)C1.O=S([O-])(O)=S.[Na+].[Na+]. The molecule has 1 N–H and O–H groups in total. The monoisotopic (exact) mass is 378 g/mol. The van der Waals surface area contributed by atoms with Gasteiger partial charge in [-0.3, -0.25) is 4.18 Å². The maximum absolute atomic E-state index is 10.7. The topological polar surface area (TPSA) is 110 Å². The van der Waals surface area contributed by atoms with Crippen molar-refractivity contribution in [2.75, 3.05) is 0 Å². The second kappa shape index (κ2) is 11.6. The minimum absolute atomic E-state index is 0. The van der Waals surface area contributed by atoms with Crippen LogP contribution in [-0.4, -0.2) is 28.2 Å². The van der Waals surface area contributed by atoms with E-state index in [0.29, 0.717) is 6.42 Å². The van der Waals surface area contributed by atoms with Crippen LogP contribution in [0.4, 0.5) is 0 Å². The van der Waals surface area contributed by atoms with Crippen molar-refractivity contribution in [3.63, 3.8) is 0 Å². The second-order valence-corrected chi connectivity index (χ2v) is 7.89. The molecule has 0 radical (unpaired) electrons. The number of hydrogen-bond acceptors (Lipinski definition) is 7. The Labute approximate surface area is 173 Å². The molecule has 6 nitrogen and oxygen atoms in total. The predicted octanol–water partition coefficient (Wildman–Crippen LogP) is -5.20. The van der Waals surface area contributed by atoms with Gasteiger partial charge in [-0.15, -0.1) is 0 Å². The van der Waals surface area contributed by atoms with Crippen LogP contribution in [0.5, 0.6) is 0 Å². The normalized spacial score (nSPS) is 23.9. The molecule has 1 rings (SSSR count). The summed E-state index contributed by atoms with van der Waals surface area (Å²) in [5.74, 6) is 0. The summed E-state index contributed by atoms with van der Waals surface area (Å²) in [6.45, 7) is 7.52. The first-order chi connectivity index (χ1) is 7.88. The molecule has 20 heavy (non-hydrogen) atoms. The Kier molecular flexibility index (Phi) is 15.6. The third-order valence-corrected chi connectivity index (χ3v) is 2.67. The van der Waals surface area contributed by atoms with Crippen molar-refractivity contribution in [1.29, 1.82) is 0 Å². The van der Waals surface area contributed by atoms with Crippen LogP contribution >= 0.6 is 0 Å². The van der Waals surface area contributed by atoms with Crippen LogP contribution in [0.25, 0.3) is 0 Å². The summed E-state index contributed by atoms with van der Waals surface area (Å²) < 4.78 is 51.3. The molecule has 0 aromatic carbocycles. The van der Waals surface area contributed by atoms with Crippen molar-refractivity contribution in [1.82, 2.24) is 0 Å². The van der Waals surface area contributed by atoms with Crippen LogP contribution < -0.4 is 59.1 Å². The molecule has 1 aliphatic carbocycles. The molecule has 3 atom stereocenters. The van der Waals surface area contributed by atoms with Gasteiger partial charge >= 0.3 is 59.1 Å². The van der Waals surface area contributed by atoms with Crippen LogP contribution in [-0.2, 0) is 44.7 Å². The van der Waals surface area contributed by atoms with E-state index < -0.39 is 24.2 Å². The summed E-state index contributed by atoms with van der Waals surface area (Å²) in [5.41, 5.74) is 1.76. The first-order valence-corrected chi connectivity index (χ1v) is 9.25. The van der Waals surface area contributed by atoms with Crippen molar-refractivity contribution in [2.45, 2.75) is 25.4 Å². The van der Waals surface area contributed by atoms with Gasteiger partial charge in [0.15, 0.2) is 0 Å². The molecule has 1 aliphatic rings. The average molecular weight is 378 g/mol. The van der Waals surface area contributed by atoms with Crippen molar-refractivity contribution in [3.8, 4) is 0 Å². The molecule has 0 spiro atoms. The summed E-state index contributed by atoms with van der Waals surface area (Å²) in [7, 11) is -7.88. The third kappa shape index (κ3) is 18.1. The van der Waals surface area contributed by atoms with Crippen LogP contribution in [0, 0.1) is 0 Å². The third-order valence-electron chi connectivity index (χ3n) is 1.96. The fourth-order valence-electron chi connectivity index (χ4n) is 1.25. The molecular formula is C8H12Na2O6S4. The molecule has 0 saturated heterocycles. The van der Waals surface area contributed by atoms with Gasteiger partial charge in [-0.2, -0.15) is 0 Å². The van der Waals surface area contributed by atoms with Gasteiger partial charge in [0, 0.05) is 0 Å². The maximum atomic E-state index is 10.7. The molecule has 106 valence electrons. The van der Waals surface area contributed by atoms with E-state index in [1.807, 2.05) is 0 Å². The van der Waals surface area contributed by atoms with E-state index in [9.17, 15) is 8.76 Å². The van der Waals surface area contributed by atoms with E-state index in [1.165, 1.54) is 0 Å². The Morgan fingerprint density at radius 1 is 1.20 bits per heavy atom. The van der Waals surface area contributed by atoms with Crippen LogP contribution in [0.3, 0.4) is 0 Å². The summed E-state index contributed by atoms with van der Waals surface area (Å²) in [6, 6.07) is 0. The van der Waals surface area contributed by atoms with Crippen LogP contribution in [0.15, 0.2) is 24.3 Å². The van der Waals surface area contributed by atoms with Crippen LogP contribution in [0.1, 0.15) is 19.3 Å². The van der Waals surface area contributed by atoms with Gasteiger partial charge in [0.1, 0.15) is 0 Å². The minimum atomic E-state index is -4.08. The summed E-state index contributed by atoms with van der Waals surface area (Å²) in [6.07, 6.45) is 1.60. The van der Waals surface area contributed by atoms with Crippen molar-refractivity contribution in [2.24, 2.45) is 0 Å². The smallest absolute Gasteiger partial charge is 0.748 e. The summed E-state index contributed by atoms with van der Waals surface area (Å²) in [5, 5.41) is 0. The van der Waals surface area contributed by atoms with Gasteiger partial charge in [0.25, 0.3) is 0 Å². The van der Waals surface area contributed by atoms with E-state index in [-0.39, 0.29) is 59.1 Å². The van der Waals surface area contributed by atoms with E-state index >= 15 is 0 Å². The maximum Gasteiger partial charge on any atom is 1.00 e. The Bertz CT molecular complexity index is 519. The van der Waals surface area contributed by atoms with E-state index in [2.05, 4.69) is 39.7 Å². The molecule has 0 heterocycles. The fraction of sp³-hybridized carbons (Fsp3) is 0.500. The van der Waals surface area contributed by atoms with E-state index in [0.717, 1.165) is 24.0 Å². The van der Waals surface area contributed by atoms with Gasteiger partial charge < -0.3 is 13.7 Å². The number of hydrogen-bond donors (Lipinski definition) is 1. The summed E-state index contributed by atoms with van der Waals surface area (Å²) >= 11 is 7.49. The van der Waals surface area contributed by atoms with Gasteiger partial charge in [-0.05, 0) is 47.2 Å². The largest absolute Gasteiger partial charge is 1.00 e. The Hall–Kier alpha value is 2.06. The first-order valence-electron chi connectivity index (χ1n) is 4.55.